The van der Waals surface area contributed by atoms with Crippen molar-refractivity contribution in [2.45, 2.75) is 0 Å². The number of para-hydroxylation sites is 1. The van der Waals surface area contributed by atoms with E-state index in [4.69, 9.17) is 9.47 Å². The Morgan fingerprint density at radius 1 is 1.19 bits per heavy atom. The molecule has 132 valence electrons. The van der Waals surface area contributed by atoms with E-state index in [9.17, 15) is 20.2 Å². The van der Waals surface area contributed by atoms with Gasteiger partial charge in [-0.3, -0.25) is 14.9 Å². The number of nitriles is 1. The van der Waals surface area contributed by atoms with Crippen LogP contribution < -0.4 is 14.8 Å². The van der Waals surface area contributed by atoms with E-state index in [0.717, 1.165) is 6.07 Å². The molecular weight excluding hydrogens is 338 g/mol. The van der Waals surface area contributed by atoms with Gasteiger partial charge in [0.05, 0.1) is 24.8 Å². The Morgan fingerprint density at radius 3 is 2.50 bits per heavy atom. The standard InChI is InChI=1S/C18H15N3O5/c1-25-16-6-4-3-5-12(16)9-13(11-19)18(22)20-15-10-14(21(23)24)7-8-17(15)26-2/h3-10H,1-2H3,(H,20,22). The number of hydrogen-bond acceptors (Lipinski definition) is 6. The van der Waals surface area contributed by atoms with E-state index in [0.29, 0.717) is 11.3 Å². The monoisotopic (exact) mass is 353 g/mol. The zero-order chi connectivity index (χ0) is 19.1. The average molecular weight is 353 g/mol. The maximum Gasteiger partial charge on any atom is 0.271 e. The number of nitrogens with one attached hydrogen (secondary N) is 1. The van der Waals surface area contributed by atoms with Gasteiger partial charge in [-0.1, -0.05) is 18.2 Å². The number of carbonyl (C=O) groups is 1. The second kappa shape index (κ2) is 8.30. The Balaban J connectivity index is 2.36. The Morgan fingerprint density at radius 2 is 1.88 bits per heavy atom. The molecule has 0 saturated carbocycles. The number of carbonyl (C=O) groups excluding carboxylic acids is 1. The third-order valence-electron chi connectivity index (χ3n) is 3.45. The van der Waals surface area contributed by atoms with Crippen LogP contribution in [0.1, 0.15) is 5.56 Å². The summed E-state index contributed by atoms with van der Waals surface area (Å²) in [4.78, 5) is 22.8. The summed E-state index contributed by atoms with van der Waals surface area (Å²) in [6.07, 6.45) is 1.37. The SMILES string of the molecule is COc1ccccc1C=C(C#N)C(=O)Nc1cc([N+](=O)[O-])ccc1OC. The number of methoxy groups -OCH3 is 2. The van der Waals surface area contributed by atoms with Crippen molar-refractivity contribution in [1.29, 1.82) is 5.26 Å². The first kappa shape index (κ1) is 18.5. The van der Waals surface area contributed by atoms with Crippen LogP contribution in [0.15, 0.2) is 48.0 Å². The largest absolute Gasteiger partial charge is 0.496 e. The molecule has 0 aromatic heterocycles. The van der Waals surface area contributed by atoms with Crippen LogP contribution in [0, 0.1) is 21.4 Å². The summed E-state index contributed by atoms with van der Waals surface area (Å²) in [6, 6.07) is 12.5. The van der Waals surface area contributed by atoms with Gasteiger partial charge in [0.1, 0.15) is 23.1 Å². The minimum atomic E-state index is -0.725. The Labute approximate surface area is 149 Å². The molecule has 8 nitrogen and oxygen atoms in total. The fourth-order valence-corrected chi connectivity index (χ4v) is 2.19. The highest BCUT2D eigenvalue weighted by atomic mass is 16.6. The molecule has 1 N–H and O–H groups in total. The molecule has 26 heavy (non-hydrogen) atoms. The molecular formula is C18H15N3O5. The molecule has 2 aromatic rings. The van der Waals surface area contributed by atoms with Crippen LogP contribution in [0.4, 0.5) is 11.4 Å². The van der Waals surface area contributed by atoms with Crippen molar-refractivity contribution >= 4 is 23.4 Å². The van der Waals surface area contributed by atoms with Crippen molar-refractivity contribution in [2.24, 2.45) is 0 Å². The first-order valence-corrected chi connectivity index (χ1v) is 7.38. The number of amides is 1. The topological polar surface area (TPSA) is 114 Å². The Hall–Kier alpha value is -3.86. The number of ether oxygens (including phenoxy) is 2. The molecule has 0 radical (unpaired) electrons. The van der Waals surface area contributed by atoms with Crippen LogP contribution in [-0.4, -0.2) is 25.1 Å². The number of rotatable bonds is 6. The quantitative estimate of drug-likeness (QED) is 0.369. The first-order chi connectivity index (χ1) is 12.5. The molecule has 0 heterocycles. The Kier molecular flexibility index (Phi) is 5.90. The number of nitro groups is 1. The van der Waals surface area contributed by atoms with Gasteiger partial charge in [-0.25, -0.2) is 0 Å². The summed E-state index contributed by atoms with van der Waals surface area (Å²) in [5, 5.41) is 22.7. The molecule has 0 spiro atoms. The van der Waals surface area contributed by atoms with Crippen molar-refractivity contribution in [2.75, 3.05) is 19.5 Å². The minimum absolute atomic E-state index is 0.0906. The third-order valence-corrected chi connectivity index (χ3v) is 3.45. The van der Waals surface area contributed by atoms with E-state index in [1.165, 1.54) is 32.4 Å². The van der Waals surface area contributed by atoms with Crippen LogP contribution in [0.3, 0.4) is 0 Å². The molecule has 1 amide bonds. The van der Waals surface area contributed by atoms with Crippen molar-refractivity contribution in [3.63, 3.8) is 0 Å². The van der Waals surface area contributed by atoms with Crippen LogP contribution in [-0.2, 0) is 4.79 Å². The van der Waals surface area contributed by atoms with Crippen LogP contribution in [0.5, 0.6) is 11.5 Å². The number of anilines is 1. The van der Waals surface area contributed by atoms with Gasteiger partial charge in [-0.2, -0.15) is 5.26 Å². The second-order valence-electron chi connectivity index (χ2n) is 5.01. The lowest BCUT2D eigenvalue weighted by atomic mass is 10.1. The van der Waals surface area contributed by atoms with E-state index in [1.807, 2.05) is 6.07 Å². The van der Waals surface area contributed by atoms with Gasteiger partial charge in [0.25, 0.3) is 11.6 Å². The maximum absolute atomic E-state index is 12.4. The fraction of sp³-hybridized carbons (Fsp3) is 0.111. The van der Waals surface area contributed by atoms with Gasteiger partial charge in [-0.05, 0) is 18.2 Å². The number of benzene rings is 2. The lowest BCUT2D eigenvalue weighted by Gasteiger charge is -2.10. The molecule has 0 fully saturated rings. The summed E-state index contributed by atoms with van der Waals surface area (Å²) >= 11 is 0. The maximum atomic E-state index is 12.4. The predicted octanol–water partition coefficient (Wildman–Crippen LogP) is 3.16. The lowest BCUT2D eigenvalue weighted by molar-refractivity contribution is -0.384. The molecule has 8 heteroatoms. The van der Waals surface area contributed by atoms with E-state index < -0.39 is 10.8 Å². The molecule has 0 saturated heterocycles. The molecule has 0 bridgehead atoms. The van der Waals surface area contributed by atoms with E-state index >= 15 is 0 Å². The predicted molar refractivity (Wildman–Crippen MR) is 94.9 cm³/mol. The fourth-order valence-electron chi connectivity index (χ4n) is 2.19. The van der Waals surface area contributed by atoms with Crippen LogP contribution >= 0.6 is 0 Å². The molecule has 0 aliphatic carbocycles. The molecule has 2 rings (SSSR count). The minimum Gasteiger partial charge on any atom is -0.496 e. The smallest absolute Gasteiger partial charge is 0.271 e. The van der Waals surface area contributed by atoms with E-state index in [2.05, 4.69) is 5.32 Å². The van der Waals surface area contributed by atoms with Crippen molar-refractivity contribution in [3.05, 3.63) is 63.7 Å². The van der Waals surface area contributed by atoms with Crippen LogP contribution in [0.25, 0.3) is 6.08 Å². The number of non-ortho nitro benzene ring substituents is 1. The first-order valence-electron chi connectivity index (χ1n) is 7.38. The summed E-state index contributed by atoms with van der Waals surface area (Å²) in [5.41, 5.74) is 0.233. The van der Waals surface area contributed by atoms with Gasteiger partial charge in [0.2, 0.25) is 0 Å². The highest BCUT2D eigenvalue weighted by Gasteiger charge is 2.16. The highest BCUT2D eigenvalue weighted by Crippen LogP contribution is 2.29. The van der Waals surface area contributed by atoms with Crippen molar-refractivity contribution in [1.82, 2.24) is 0 Å². The summed E-state index contributed by atoms with van der Waals surface area (Å²) in [6.45, 7) is 0. The summed E-state index contributed by atoms with van der Waals surface area (Å²) < 4.78 is 10.3. The van der Waals surface area contributed by atoms with E-state index in [1.54, 1.807) is 24.3 Å². The third kappa shape index (κ3) is 4.15. The van der Waals surface area contributed by atoms with Gasteiger partial charge in [0.15, 0.2) is 0 Å². The Bertz CT molecular complexity index is 915. The number of nitrogens with zero attached hydrogens (tertiary/aromatic N) is 2. The second-order valence-corrected chi connectivity index (χ2v) is 5.01. The summed E-state index contributed by atoms with van der Waals surface area (Å²) in [7, 11) is 2.85. The normalized spacial score (nSPS) is 10.6. The van der Waals surface area contributed by atoms with Crippen molar-refractivity contribution < 1.29 is 19.2 Å². The highest BCUT2D eigenvalue weighted by molar-refractivity contribution is 6.10. The molecule has 0 aliphatic heterocycles. The molecule has 0 atom stereocenters. The average Bonchev–Trinajstić information content (AvgIpc) is 2.66. The van der Waals surface area contributed by atoms with E-state index in [-0.39, 0.29) is 22.7 Å². The van der Waals surface area contributed by atoms with Gasteiger partial charge >= 0.3 is 0 Å². The van der Waals surface area contributed by atoms with Gasteiger partial charge in [0, 0.05) is 17.7 Å². The number of nitro benzene ring substituents is 1. The molecule has 0 aliphatic rings. The van der Waals surface area contributed by atoms with Gasteiger partial charge < -0.3 is 14.8 Å². The molecule has 2 aromatic carbocycles. The zero-order valence-corrected chi connectivity index (χ0v) is 14.1. The zero-order valence-electron chi connectivity index (χ0n) is 14.1. The summed E-state index contributed by atoms with van der Waals surface area (Å²) in [5.74, 6) is 0.0108. The lowest BCUT2D eigenvalue weighted by Crippen LogP contribution is -2.14. The van der Waals surface area contributed by atoms with Crippen molar-refractivity contribution in [3.8, 4) is 17.6 Å². The number of hydrogen-bond donors (Lipinski definition) is 1. The van der Waals surface area contributed by atoms with Crippen LogP contribution in [0.2, 0.25) is 0 Å². The molecule has 0 unspecified atom stereocenters. The van der Waals surface area contributed by atoms with Gasteiger partial charge in [-0.15, -0.1) is 0 Å².